The molecule has 3 nitrogen and oxygen atoms in total. The molecule has 1 aromatic rings. The molecule has 1 amide bonds. The van der Waals surface area contributed by atoms with Gasteiger partial charge in [0.25, 0.3) is 0 Å². The fourth-order valence-electron chi connectivity index (χ4n) is 1.12. The second kappa shape index (κ2) is 7.82. The highest BCUT2D eigenvalue weighted by Crippen LogP contribution is 2.29. The number of rotatable bonds is 6. The zero-order chi connectivity index (χ0) is 12.7. The van der Waals surface area contributed by atoms with Crippen LogP contribution in [0.4, 0.5) is 5.69 Å². The van der Waals surface area contributed by atoms with Gasteiger partial charge in [0.15, 0.2) is 0 Å². The van der Waals surface area contributed by atoms with Crippen LogP contribution in [0.2, 0.25) is 10.0 Å². The lowest BCUT2D eigenvalue weighted by molar-refractivity contribution is -0.113. The van der Waals surface area contributed by atoms with Crippen LogP contribution < -0.4 is 5.32 Å². The predicted octanol–water partition coefficient (Wildman–Crippen LogP) is 3.05. The van der Waals surface area contributed by atoms with Gasteiger partial charge < -0.3 is 10.4 Å². The topological polar surface area (TPSA) is 49.3 Å². The van der Waals surface area contributed by atoms with Crippen molar-refractivity contribution in [3.05, 3.63) is 28.2 Å². The molecule has 0 saturated carbocycles. The number of thioether (sulfide) groups is 1. The van der Waals surface area contributed by atoms with Crippen molar-refractivity contribution in [1.29, 1.82) is 0 Å². The van der Waals surface area contributed by atoms with Gasteiger partial charge in [0.1, 0.15) is 0 Å². The first-order chi connectivity index (χ1) is 8.15. The zero-order valence-electron chi connectivity index (χ0n) is 9.08. The Labute approximate surface area is 114 Å². The minimum Gasteiger partial charge on any atom is -0.396 e. The molecular weight excluding hydrogens is 281 g/mol. The van der Waals surface area contributed by atoms with Crippen LogP contribution in [0.5, 0.6) is 0 Å². The van der Waals surface area contributed by atoms with Crippen LogP contribution >= 0.6 is 35.0 Å². The zero-order valence-corrected chi connectivity index (χ0v) is 11.4. The Bertz CT molecular complexity index is 388. The van der Waals surface area contributed by atoms with Gasteiger partial charge in [-0.3, -0.25) is 4.79 Å². The Kier molecular flexibility index (Phi) is 6.73. The molecule has 94 valence electrons. The molecule has 0 atom stereocenters. The van der Waals surface area contributed by atoms with Crippen molar-refractivity contribution in [2.24, 2.45) is 0 Å². The predicted molar refractivity (Wildman–Crippen MR) is 74.1 cm³/mol. The van der Waals surface area contributed by atoms with Gasteiger partial charge in [-0.05, 0) is 24.3 Å². The summed E-state index contributed by atoms with van der Waals surface area (Å²) < 4.78 is 0. The Morgan fingerprint density at radius 2 is 2.18 bits per heavy atom. The maximum Gasteiger partial charge on any atom is 0.234 e. The molecule has 0 saturated heterocycles. The molecule has 17 heavy (non-hydrogen) atoms. The molecule has 1 aromatic carbocycles. The summed E-state index contributed by atoms with van der Waals surface area (Å²) in [5.74, 6) is 0.966. The Hall–Kier alpha value is -0.420. The molecule has 0 unspecified atom stereocenters. The van der Waals surface area contributed by atoms with Gasteiger partial charge in [0, 0.05) is 6.61 Å². The normalized spacial score (nSPS) is 10.3. The van der Waals surface area contributed by atoms with Crippen molar-refractivity contribution in [1.82, 2.24) is 0 Å². The second-order valence-electron chi connectivity index (χ2n) is 3.28. The first kappa shape index (κ1) is 14.6. The van der Waals surface area contributed by atoms with Gasteiger partial charge >= 0.3 is 0 Å². The Morgan fingerprint density at radius 1 is 1.41 bits per heavy atom. The highest BCUT2D eigenvalue weighted by Gasteiger charge is 2.07. The van der Waals surface area contributed by atoms with Gasteiger partial charge in [-0.25, -0.2) is 0 Å². The summed E-state index contributed by atoms with van der Waals surface area (Å²) in [6, 6.07) is 5.09. The first-order valence-electron chi connectivity index (χ1n) is 5.07. The smallest absolute Gasteiger partial charge is 0.234 e. The fraction of sp³-hybridized carbons (Fsp3) is 0.364. The lowest BCUT2D eigenvalue weighted by Gasteiger charge is -2.07. The van der Waals surface area contributed by atoms with Crippen LogP contribution in [0, 0.1) is 0 Å². The number of hydrogen-bond acceptors (Lipinski definition) is 3. The van der Waals surface area contributed by atoms with Crippen LogP contribution in [0.3, 0.4) is 0 Å². The monoisotopic (exact) mass is 293 g/mol. The van der Waals surface area contributed by atoms with E-state index in [-0.39, 0.29) is 12.5 Å². The summed E-state index contributed by atoms with van der Waals surface area (Å²) in [7, 11) is 0. The third kappa shape index (κ3) is 5.17. The summed E-state index contributed by atoms with van der Waals surface area (Å²) in [6.45, 7) is 0.148. The lowest BCUT2D eigenvalue weighted by atomic mass is 10.3. The van der Waals surface area contributed by atoms with Crippen LogP contribution in [0.25, 0.3) is 0 Å². The van der Waals surface area contributed by atoms with E-state index in [2.05, 4.69) is 5.32 Å². The average Bonchev–Trinajstić information content (AvgIpc) is 2.31. The molecule has 6 heteroatoms. The number of aliphatic hydroxyl groups is 1. The number of hydrogen-bond donors (Lipinski definition) is 2. The summed E-state index contributed by atoms with van der Waals surface area (Å²) in [4.78, 5) is 11.5. The molecule has 0 aromatic heterocycles. The standard InChI is InChI=1S/C11H13Cl2NO2S/c12-8-3-1-4-9(11(8)13)14-10(16)7-17-6-2-5-15/h1,3-4,15H,2,5-7H2,(H,14,16). The molecule has 0 aliphatic rings. The van der Waals surface area contributed by atoms with Crippen molar-refractivity contribution >= 4 is 46.6 Å². The lowest BCUT2D eigenvalue weighted by Crippen LogP contribution is -2.14. The Balaban J connectivity index is 2.43. The second-order valence-corrected chi connectivity index (χ2v) is 5.17. The Morgan fingerprint density at radius 3 is 2.88 bits per heavy atom. The molecular formula is C11H13Cl2NO2S. The highest BCUT2D eigenvalue weighted by atomic mass is 35.5. The summed E-state index contributed by atoms with van der Waals surface area (Å²) in [5, 5.41) is 12.0. The molecule has 0 spiro atoms. The third-order valence-corrected chi connectivity index (χ3v) is 3.77. The van der Waals surface area contributed by atoms with E-state index in [1.807, 2.05) is 0 Å². The summed E-state index contributed by atoms with van der Waals surface area (Å²) in [6.07, 6.45) is 0.690. The SMILES string of the molecule is O=C(CSCCCO)Nc1cccc(Cl)c1Cl. The van der Waals surface area contributed by atoms with Gasteiger partial charge in [0.2, 0.25) is 5.91 Å². The average molecular weight is 294 g/mol. The first-order valence-corrected chi connectivity index (χ1v) is 6.98. The molecule has 2 N–H and O–H groups in total. The van der Waals surface area contributed by atoms with E-state index in [4.69, 9.17) is 28.3 Å². The van der Waals surface area contributed by atoms with E-state index in [9.17, 15) is 4.79 Å². The molecule has 0 bridgehead atoms. The molecule has 0 radical (unpaired) electrons. The number of amides is 1. The third-order valence-electron chi connectivity index (χ3n) is 1.91. The van der Waals surface area contributed by atoms with E-state index in [1.165, 1.54) is 11.8 Å². The van der Waals surface area contributed by atoms with Gasteiger partial charge in [-0.1, -0.05) is 29.3 Å². The number of carbonyl (C=O) groups is 1. The number of nitrogens with one attached hydrogen (secondary N) is 1. The summed E-state index contributed by atoms with van der Waals surface area (Å²) in [5.41, 5.74) is 0.520. The van der Waals surface area contributed by atoms with Gasteiger partial charge in [-0.2, -0.15) is 11.8 Å². The highest BCUT2D eigenvalue weighted by molar-refractivity contribution is 7.99. The summed E-state index contributed by atoms with van der Waals surface area (Å²) >= 11 is 13.2. The number of benzene rings is 1. The molecule has 0 aliphatic carbocycles. The molecule has 0 aliphatic heterocycles. The molecule has 0 heterocycles. The van der Waals surface area contributed by atoms with Crippen molar-refractivity contribution in [2.45, 2.75) is 6.42 Å². The van der Waals surface area contributed by atoms with Gasteiger partial charge in [-0.15, -0.1) is 0 Å². The molecule has 0 fully saturated rings. The van der Waals surface area contributed by atoms with Crippen molar-refractivity contribution in [3.63, 3.8) is 0 Å². The van der Waals surface area contributed by atoms with Crippen molar-refractivity contribution in [3.8, 4) is 0 Å². The minimum absolute atomic E-state index is 0.128. The van der Waals surface area contributed by atoms with Crippen LogP contribution in [-0.2, 0) is 4.79 Å². The largest absolute Gasteiger partial charge is 0.396 e. The van der Waals surface area contributed by atoms with Crippen LogP contribution in [0.1, 0.15) is 6.42 Å². The van der Waals surface area contributed by atoms with E-state index in [0.29, 0.717) is 27.9 Å². The van der Waals surface area contributed by atoms with E-state index in [1.54, 1.807) is 18.2 Å². The van der Waals surface area contributed by atoms with E-state index in [0.717, 1.165) is 5.75 Å². The van der Waals surface area contributed by atoms with Crippen LogP contribution in [-0.4, -0.2) is 29.1 Å². The van der Waals surface area contributed by atoms with Crippen molar-refractivity contribution < 1.29 is 9.90 Å². The van der Waals surface area contributed by atoms with Gasteiger partial charge in [0.05, 0.1) is 21.5 Å². The van der Waals surface area contributed by atoms with E-state index < -0.39 is 0 Å². The maximum atomic E-state index is 11.5. The fourth-order valence-corrected chi connectivity index (χ4v) is 2.20. The maximum absolute atomic E-state index is 11.5. The quantitative estimate of drug-likeness (QED) is 0.793. The molecule has 1 rings (SSSR count). The van der Waals surface area contributed by atoms with Crippen molar-refractivity contribution in [2.75, 3.05) is 23.4 Å². The number of halogens is 2. The van der Waals surface area contributed by atoms with Crippen LogP contribution in [0.15, 0.2) is 18.2 Å². The number of carbonyl (C=O) groups excluding carboxylic acids is 1. The number of aliphatic hydroxyl groups excluding tert-OH is 1. The minimum atomic E-state index is -0.128. The van der Waals surface area contributed by atoms with E-state index >= 15 is 0 Å². The number of anilines is 1.